The molecule has 0 aliphatic rings. The van der Waals surface area contributed by atoms with Gasteiger partial charge >= 0.3 is 135 Å². The van der Waals surface area contributed by atoms with Gasteiger partial charge in [0.05, 0.1) is 0 Å². The zero-order valence-corrected chi connectivity index (χ0v) is 19.0. The van der Waals surface area contributed by atoms with Crippen LogP contribution >= 0.6 is 0 Å². The summed E-state index contributed by atoms with van der Waals surface area (Å²) in [6.45, 7) is 14.7. The fourth-order valence-corrected chi connectivity index (χ4v) is 25.6. The molecule has 0 aliphatic heterocycles. The first-order chi connectivity index (χ1) is 9.71. The molecule has 0 atom stereocenters. The van der Waals surface area contributed by atoms with Crippen molar-refractivity contribution in [3.8, 4) is 0 Å². The minimum absolute atomic E-state index is 0. The standard InChI is InChI=1S/2C6H5.2C4H9.Sn.V/c2*1-2-4-6-5-3-1;2*1-4(2)3;;/h2*1-5H;2*1-3H3;;. The van der Waals surface area contributed by atoms with Crippen molar-refractivity contribution >= 4 is 25.5 Å². The van der Waals surface area contributed by atoms with Crippen molar-refractivity contribution < 1.29 is 18.6 Å². The molecule has 2 rings (SSSR count). The van der Waals surface area contributed by atoms with Crippen LogP contribution in [0.2, 0.25) is 6.86 Å². The maximum Gasteiger partial charge on any atom is 0 e. The van der Waals surface area contributed by atoms with Crippen LogP contribution in [-0.2, 0) is 18.6 Å². The Morgan fingerprint density at radius 2 is 0.818 bits per heavy atom. The second-order valence-corrected chi connectivity index (χ2v) is 24.1. The third-order valence-electron chi connectivity index (χ3n) is 4.66. The topological polar surface area (TPSA) is 0 Å². The van der Waals surface area contributed by atoms with E-state index >= 15 is 0 Å². The monoisotopic (exact) mass is 439 g/mol. The molecule has 0 spiro atoms. The van der Waals surface area contributed by atoms with Crippen molar-refractivity contribution in [2.75, 3.05) is 0 Å². The van der Waals surface area contributed by atoms with E-state index in [-0.39, 0.29) is 18.6 Å². The molecule has 0 N–H and O–H groups in total. The first-order valence-corrected chi connectivity index (χ1v) is 13.5. The van der Waals surface area contributed by atoms with Crippen LogP contribution < -0.4 is 7.16 Å². The van der Waals surface area contributed by atoms with Crippen molar-refractivity contribution in [2.45, 2.75) is 48.4 Å². The molecule has 0 aromatic heterocycles. The summed E-state index contributed by atoms with van der Waals surface area (Å²) in [4.78, 5) is 0. The average molecular weight is 438 g/mol. The van der Waals surface area contributed by atoms with Gasteiger partial charge in [-0.05, 0) is 0 Å². The van der Waals surface area contributed by atoms with Crippen LogP contribution in [0.15, 0.2) is 60.7 Å². The number of hydrogen-bond acceptors (Lipinski definition) is 0. The van der Waals surface area contributed by atoms with Gasteiger partial charge < -0.3 is 0 Å². The Morgan fingerprint density at radius 3 is 1.05 bits per heavy atom. The first-order valence-electron chi connectivity index (χ1n) is 7.82. The maximum atomic E-state index is 2.45. The predicted octanol–water partition coefficient (Wildman–Crippen LogP) is 4.85. The van der Waals surface area contributed by atoms with E-state index < -0.39 is 18.4 Å². The van der Waals surface area contributed by atoms with Crippen molar-refractivity contribution in [2.24, 2.45) is 0 Å². The second kappa shape index (κ2) is 7.15. The molecule has 0 amide bonds. The molecule has 117 valence electrons. The number of benzene rings is 2. The van der Waals surface area contributed by atoms with Crippen molar-refractivity contribution in [3.63, 3.8) is 0 Å². The Kier molecular flexibility index (Phi) is 6.46. The maximum absolute atomic E-state index is 2.93. The van der Waals surface area contributed by atoms with E-state index in [1.165, 1.54) is 0 Å². The number of hydrogen-bond donors (Lipinski definition) is 0. The molecule has 2 heteroatoms. The fraction of sp³-hybridized carbons (Fsp3) is 0.400. The Labute approximate surface area is 152 Å². The summed E-state index contributed by atoms with van der Waals surface area (Å²) in [5.74, 6) is 0. The van der Waals surface area contributed by atoms with E-state index in [4.69, 9.17) is 0 Å². The van der Waals surface area contributed by atoms with Crippen LogP contribution in [0, 0.1) is 0 Å². The van der Waals surface area contributed by atoms with E-state index in [1.54, 1.807) is 7.16 Å². The summed E-state index contributed by atoms with van der Waals surface area (Å²) >= 11 is -2.93. The van der Waals surface area contributed by atoms with Gasteiger partial charge in [0.2, 0.25) is 0 Å². The van der Waals surface area contributed by atoms with E-state index in [2.05, 4.69) is 102 Å². The molecule has 0 saturated heterocycles. The summed E-state index contributed by atoms with van der Waals surface area (Å²) < 4.78 is 3.85. The number of rotatable bonds is 2. The van der Waals surface area contributed by atoms with Gasteiger partial charge in [-0.3, -0.25) is 0 Å². The zero-order valence-electron chi connectivity index (χ0n) is 14.7. The minimum Gasteiger partial charge on any atom is 0 e. The SMILES string of the molecule is C[C](C)(C)[Sn]([c]1ccccc1)([c]1ccccc1)[C](C)(C)C.[V]. The molecular weight excluding hydrogens is 410 g/mol. The second-order valence-electron chi connectivity index (χ2n) is 7.98. The Bertz CT molecular complexity index is 521. The van der Waals surface area contributed by atoms with Gasteiger partial charge in [-0.1, -0.05) is 0 Å². The average Bonchev–Trinajstić information content (AvgIpc) is 2.38. The van der Waals surface area contributed by atoms with Crippen LogP contribution in [-0.4, -0.2) is 18.4 Å². The van der Waals surface area contributed by atoms with Gasteiger partial charge in [-0.2, -0.15) is 0 Å². The van der Waals surface area contributed by atoms with Crippen LogP contribution in [0.5, 0.6) is 0 Å². The molecule has 0 bridgehead atoms. The molecule has 0 aliphatic carbocycles. The van der Waals surface area contributed by atoms with Crippen LogP contribution in [0.1, 0.15) is 41.5 Å². The van der Waals surface area contributed by atoms with Crippen LogP contribution in [0.25, 0.3) is 0 Å². The first kappa shape index (κ1) is 19.9. The smallest absolute Gasteiger partial charge is 0 e. The third-order valence-corrected chi connectivity index (χ3v) is 24.4. The van der Waals surface area contributed by atoms with E-state index in [9.17, 15) is 0 Å². The van der Waals surface area contributed by atoms with E-state index in [1.807, 2.05) is 0 Å². The molecule has 0 nitrogen and oxygen atoms in total. The van der Waals surface area contributed by atoms with Crippen molar-refractivity contribution in [1.82, 2.24) is 0 Å². The molecule has 0 heterocycles. The van der Waals surface area contributed by atoms with Gasteiger partial charge in [0.15, 0.2) is 0 Å². The van der Waals surface area contributed by atoms with Gasteiger partial charge in [-0.25, -0.2) is 0 Å². The normalized spacial score (nSPS) is 12.6. The van der Waals surface area contributed by atoms with E-state index in [0.717, 1.165) is 0 Å². The molecule has 22 heavy (non-hydrogen) atoms. The minimum atomic E-state index is -2.93. The third kappa shape index (κ3) is 3.34. The molecule has 2 aromatic rings. The molecule has 0 fully saturated rings. The summed E-state index contributed by atoms with van der Waals surface area (Å²) in [7, 11) is 0. The Balaban J connectivity index is 0.00000242. The van der Waals surface area contributed by atoms with Gasteiger partial charge in [-0.15, -0.1) is 0 Å². The molecule has 2 aromatic carbocycles. The molecule has 0 unspecified atom stereocenters. The van der Waals surface area contributed by atoms with Gasteiger partial charge in [0, 0.05) is 18.6 Å². The summed E-state index contributed by atoms with van der Waals surface area (Å²) in [6.07, 6.45) is 0. The van der Waals surface area contributed by atoms with E-state index in [0.29, 0.717) is 6.86 Å². The van der Waals surface area contributed by atoms with Gasteiger partial charge in [0.1, 0.15) is 0 Å². The zero-order chi connectivity index (χ0) is 15.7. The predicted molar refractivity (Wildman–Crippen MR) is 97.3 cm³/mol. The van der Waals surface area contributed by atoms with Gasteiger partial charge in [0.25, 0.3) is 0 Å². The summed E-state index contributed by atoms with van der Waals surface area (Å²) in [5, 5.41) is 0. The Morgan fingerprint density at radius 1 is 0.545 bits per heavy atom. The van der Waals surface area contributed by atoms with Crippen molar-refractivity contribution in [1.29, 1.82) is 0 Å². The fourth-order valence-electron chi connectivity index (χ4n) is 4.40. The Hall–Kier alpha value is -0.177. The molecule has 0 saturated carbocycles. The summed E-state index contributed by atoms with van der Waals surface area (Å²) in [5.41, 5.74) is 0. The van der Waals surface area contributed by atoms with Crippen molar-refractivity contribution in [3.05, 3.63) is 60.7 Å². The summed E-state index contributed by atoms with van der Waals surface area (Å²) in [6, 6.07) is 22.6. The molecule has 1 radical (unpaired) electrons. The quantitative estimate of drug-likeness (QED) is 0.589. The van der Waals surface area contributed by atoms with Crippen LogP contribution in [0.3, 0.4) is 0 Å². The largest absolute Gasteiger partial charge is 0 e. The molecular formula is C20H28SnV. The van der Waals surface area contributed by atoms with Crippen LogP contribution in [0.4, 0.5) is 0 Å².